The van der Waals surface area contributed by atoms with E-state index in [0.717, 1.165) is 36.1 Å². The first kappa shape index (κ1) is 13.9. The standard InChI is InChI=1S/C16H17N5O2/c1-20-15-11(7-18-20)4-5-13(19-15)12-3-2-6-21(9-12)16(22)14-8-17-10-23-14/h4-5,7-8,10,12H,2-3,6,9H2,1H3. The number of oxazole rings is 1. The summed E-state index contributed by atoms with van der Waals surface area (Å²) in [5.41, 5.74) is 1.89. The third kappa shape index (κ3) is 2.48. The lowest BCUT2D eigenvalue weighted by molar-refractivity contribution is 0.0674. The molecule has 0 radical (unpaired) electrons. The molecule has 4 rings (SSSR count). The van der Waals surface area contributed by atoms with Gasteiger partial charge in [-0.1, -0.05) is 0 Å². The summed E-state index contributed by atoms with van der Waals surface area (Å²) >= 11 is 0. The summed E-state index contributed by atoms with van der Waals surface area (Å²) in [7, 11) is 1.89. The quantitative estimate of drug-likeness (QED) is 0.723. The molecule has 1 amide bonds. The topological polar surface area (TPSA) is 77.0 Å². The van der Waals surface area contributed by atoms with Gasteiger partial charge in [0.2, 0.25) is 5.76 Å². The molecule has 0 bridgehead atoms. The van der Waals surface area contributed by atoms with Gasteiger partial charge in [0.1, 0.15) is 0 Å². The molecule has 3 aromatic heterocycles. The second kappa shape index (κ2) is 5.49. The van der Waals surface area contributed by atoms with Gasteiger partial charge in [0, 0.05) is 37.1 Å². The van der Waals surface area contributed by atoms with E-state index in [1.807, 2.05) is 30.3 Å². The Balaban J connectivity index is 1.58. The molecule has 1 unspecified atom stereocenters. The van der Waals surface area contributed by atoms with Gasteiger partial charge in [-0.25, -0.2) is 9.97 Å². The van der Waals surface area contributed by atoms with Crippen molar-refractivity contribution in [3.05, 3.63) is 42.4 Å². The maximum absolute atomic E-state index is 12.4. The molecule has 1 atom stereocenters. The molecule has 1 aliphatic rings. The number of carbonyl (C=O) groups excluding carboxylic acids is 1. The highest BCUT2D eigenvalue weighted by Crippen LogP contribution is 2.27. The maximum Gasteiger partial charge on any atom is 0.291 e. The monoisotopic (exact) mass is 311 g/mol. The number of nitrogens with zero attached hydrogens (tertiary/aromatic N) is 5. The molecule has 3 aromatic rings. The maximum atomic E-state index is 12.4. The number of hydrogen-bond donors (Lipinski definition) is 0. The van der Waals surface area contributed by atoms with E-state index >= 15 is 0 Å². The molecule has 118 valence electrons. The van der Waals surface area contributed by atoms with Gasteiger partial charge in [0.25, 0.3) is 5.91 Å². The second-order valence-electron chi connectivity index (χ2n) is 5.87. The Morgan fingerprint density at radius 1 is 1.35 bits per heavy atom. The fourth-order valence-electron chi connectivity index (χ4n) is 3.14. The van der Waals surface area contributed by atoms with Crippen LogP contribution in [0.15, 0.2) is 35.3 Å². The van der Waals surface area contributed by atoms with Crippen LogP contribution in [-0.4, -0.2) is 43.6 Å². The van der Waals surface area contributed by atoms with Crippen LogP contribution >= 0.6 is 0 Å². The molecule has 1 saturated heterocycles. The van der Waals surface area contributed by atoms with E-state index in [2.05, 4.69) is 10.1 Å². The van der Waals surface area contributed by atoms with Gasteiger partial charge >= 0.3 is 0 Å². The molecule has 4 heterocycles. The molecule has 1 aliphatic heterocycles. The molecule has 1 fully saturated rings. The van der Waals surface area contributed by atoms with Crippen molar-refractivity contribution in [2.45, 2.75) is 18.8 Å². The minimum absolute atomic E-state index is 0.103. The zero-order valence-electron chi connectivity index (χ0n) is 12.8. The first-order chi connectivity index (χ1) is 11.2. The highest BCUT2D eigenvalue weighted by molar-refractivity contribution is 5.91. The van der Waals surface area contributed by atoms with Crippen molar-refractivity contribution >= 4 is 16.9 Å². The highest BCUT2D eigenvalue weighted by Gasteiger charge is 2.28. The van der Waals surface area contributed by atoms with Crippen molar-refractivity contribution in [3.63, 3.8) is 0 Å². The summed E-state index contributed by atoms with van der Waals surface area (Å²) in [4.78, 5) is 22.8. The van der Waals surface area contributed by atoms with Crippen molar-refractivity contribution in [2.24, 2.45) is 7.05 Å². The number of pyridine rings is 1. The van der Waals surface area contributed by atoms with E-state index in [0.29, 0.717) is 12.3 Å². The van der Waals surface area contributed by atoms with Crippen LogP contribution in [0.3, 0.4) is 0 Å². The highest BCUT2D eigenvalue weighted by atomic mass is 16.3. The van der Waals surface area contributed by atoms with Gasteiger partial charge in [0.15, 0.2) is 12.0 Å². The van der Waals surface area contributed by atoms with Gasteiger partial charge in [-0.3, -0.25) is 9.48 Å². The van der Waals surface area contributed by atoms with Crippen molar-refractivity contribution in [1.82, 2.24) is 24.6 Å². The van der Waals surface area contributed by atoms with Crippen molar-refractivity contribution in [3.8, 4) is 0 Å². The minimum atomic E-state index is -0.103. The zero-order chi connectivity index (χ0) is 15.8. The van der Waals surface area contributed by atoms with E-state index in [-0.39, 0.29) is 11.8 Å². The number of hydrogen-bond acceptors (Lipinski definition) is 5. The van der Waals surface area contributed by atoms with Gasteiger partial charge < -0.3 is 9.32 Å². The normalized spacial score (nSPS) is 18.5. The summed E-state index contributed by atoms with van der Waals surface area (Å²) in [6.45, 7) is 1.39. The summed E-state index contributed by atoms with van der Waals surface area (Å²) in [5.74, 6) is 0.421. The number of piperidine rings is 1. The Hall–Kier alpha value is -2.70. The predicted molar refractivity (Wildman–Crippen MR) is 82.9 cm³/mol. The fraction of sp³-hybridized carbons (Fsp3) is 0.375. The lowest BCUT2D eigenvalue weighted by atomic mass is 9.94. The SMILES string of the molecule is Cn1ncc2ccc(C3CCCN(C(=O)c4cnco4)C3)nc21. The van der Waals surface area contributed by atoms with E-state index in [9.17, 15) is 4.79 Å². The van der Waals surface area contributed by atoms with Crippen LogP contribution in [0.25, 0.3) is 11.0 Å². The Morgan fingerprint density at radius 2 is 2.26 bits per heavy atom. The lowest BCUT2D eigenvalue weighted by Crippen LogP contribution is -2.39. The summed E-state index contributed by atoms with van der Waals surface area (Å²) in [5, 5.41) is 5.26. The Kier molecular flexibility index (Phi) is 3.33. The molecular weight excluding hydrogens is 294 g/mol. The largest absolute Gasteiger partial charge is 0.438 e. The molecule has 0 spiro atoms. The van der Waals surface area contributed by atoms with Crippen LogP contribution in [0.1, 0.15) is 35.0 Å². The Morgan fingerprint density at radius 3 is 3.09 bits per heavy atom. The van der Waals surface area contributed by atoms with E-state index in [1.165, 1.54) is 12.6 Å². The van der Waals surface area contributed by atoms with Gasteiger partial charge in [-0.15, -0.1) is 0 Å². The molecule has 0 saturated carbocycles. The van der Waals surface area contributed by atoms with Crippen LogP contribution in [0.2, 0.25) is 0 Å². The van der Waals surface area contributed by atoms with Crippen molar-refractivity contribution in [2.75, 3.05) is 13.1 Å². The molecule has 7 nitrogen and oxygen atoms in total. The molecule has 0 N–H and O–H groups in total. The number of aryl methyl sites for hydroxylation is 1. The smallest absolute Gasteiger partial charge is 0.291 e. The summed E-state index contributed by atoms with van der Waals surface area (Å²) in [6, 6.07) is 4.08. The zero-order valence-corrected chi connectivity index (χ0v) is 12.8. The van der Waals surface area contributed by atoms with Crippen LogP contribution in [0.5, 0.6) is 0 Å². The average molecular weight is 311 g/mol. The first-order valence-electron chi connectivity index (χ1n) is 7.69. The number of carbonyl (C=O) groups is 1. The van der Waals surface area contributed by atoms with Crippen molar-refractivity contribution < 1.29 is 9.21 Å². The van der Waals surface area contributed by atoms with Crippen LogP contribution in [0.4, 0.5) is 0 Å². The minimum Gasteiger partial charge on any atom is -0.438 e. The summed E-state index contributed by atoms with van der Waals surface area (Å²) < 4.78 is 6.90. The molecule has 0 aliphatic carbocycles. The average Bonchev–Trinajstić information content (AvgIpc) is 3.25. The van der Waals surface area contributed by atoms with Gasteiger partial charge in [0.05, 0.1) is 12.4 Å². The lowest BCUT2D eigenvalue weighted by Gasteiger charge is -2.31. The number of aromatic nitrogens is 4. The van der Waals surface area contributed by atoms with E-state index < -0.39 is 0 Å². The number of rotatable bonds is 2. The first-order valence-corrected chi connectivity index (χ1v) is 7.69. The van der Waals surface area contributed by atoms with Gasteiger partial charge in [-0.05, 0) is 25.0 Å². The fourth-order valence-corrected chi connectivity index (χ4v) is 3.14. The molecule has 0 aromatic carbocycles. The molecular formula is C16H17N5O2. The number of fused-ring (bicyclic) bond motifs is 1. The number of amides is 1. The number of likely N-dealkylation sites (tertiary alicyclic amines) is 1. The Labute approximate surface area is 132 Å². The predicted octanol–water partition coefficient (Wildman–Crippen LogP) is 1.98. The van der Waals surface area contributed by atoms with E-state index in [1.54, 1.807) is 4.68 Å². The third-order valence-corrected chi connectivity index (χ3v) is 4.37. The summed E-state index contributed by atoms with van der Waals surface area (Å²) in [6.07, 6.45) is 6.54. The van der Waals surface area contributed by atoms with Crippen molar-refractivity contribution in [1.29, 1.82) is 0 Å². The van der Waals surface area contributed by atoms with Crippen LogP contribution in [0, 0.1) is 0 Å². The third-order valence-electron chi connectivity index (χ3n) is 4.37. The molecule has 23 heavy (non-hydrogen) atoms. The molecule has 7 heteroatoms. The van der Waals surface area contributed by atoms with Gasteiger partial charge in [-0.2, -0.15) is 5.10 Å². The van der Waals surface area contributed by atoms with E-state index in [4.69, 9.17) is 9.40 Å². The second-order valence-corrected chi connectivity index (χ2v) is 5.87. The van der Waals surface area contributed by atoms with Crippen LogP contribution < -0.4 is 0 Å². The Bertz CT molecular complexity index is 839. The van der Waals surface area contributed by atoms with Crippen LogP contribution in [-0.2, 0) is 7.05 Å².